The van der Waals surface area contributed by atoms with Crippen molar-refractivity contribution in [2.75, 3.05) is 7.11 Å². The first-order chi connectivity index (χ1) is 6.69. The van der Waals surface area contributed by atoms with E-state index in [1.807, 2.05) is 6.07 Å². The maximum absolute atomic E-state index is 9.83. The second-order valence-corrected chi connectivity index (χ2v) is 3.56. The number of nitrogens with zero attached hydrogens (tertiary/aromatic N) is 1. The molecule has 14 heavy (non-hydrogen) atoms. The topological polar surface area (TPSA) is 53.2 Å². The minimum absolute atomic E-state index is 0.477. The molecule has 1 aromatic carbocycles. The lowest BCUT2D eigenvalue weighted by Crippen LogP contribution is -2.04. The van der Waals surface area contributed by atoms with Crippen molar-refractivity contribution in [3.63, 3.8) is 0 Å². The first-order valence-electron chi connectivity index (χ1n) is 4.50. The molecule has 3 nitrogen and oxygen atoms in total. The zero-order chi connectivity index (χ0) is 10.2. The number of nitriles is 1. The van der Waals surface area contributed by atoms with Crippen LogP contribution in [0.1, 0.15) is 24.0 Å². The molecule has 1 N–H and O–H groups in total. The van der Waals surface area contributed by atoms with Crippen molar-refractivity contribution in [2.45, 2.75) is 18.4 Å². The van der Waals surface area contributed by atoms with Gasteiger partial charge in [0.2, 0.25) is 0 Å². The van der Waals surface area contributed by atoms with Gasteiger partial charge in [-0.1, -0.05) is 6.07 Å². The van der Waals surface area contributed by atoms with Crippen LogP contribution in [-0.4, -0.2) is 12.2 Å². The number of rotatable bonds is 2. The van der Waals surface area contributed by atoms with Crippen LogP contribution in [0.15, 0.2) is 18.2 Å². The lowest BCUT2D eigenvalue weighted by Gasteiger charge is -2.09. The van der Waals surface area contributed by atoms with Crippen LogP contribution in [0.2, 0.25) is 0 Å². The summed E-state index contributed by atoms with van der Waals surface area (Å²) in [5.74, 6) is 0.556. The summed E-state index contributed by atoms with van der Waals surface area (Å²) in [7, 11) is 1.53. The number of hydrogen-bond acceptors (Lipinski definition) is 3. The first-order valence-corrected chi connectivity index (χ1v) is 4.50. The number of methoxy groups -OCH3 is 1. The molecule has 1 aromatic rings. The third-order valence-electron chi connectivity index (χ3n) is 2.58. The molecule has 3 heteroatoms. The number of hydrogen-bond donors (Lipinski definition) is 1. The van der Waals surface area contributed by atoms with Gasteiger partial charge in [0.1, 0.15) is 11.8 Å². The van der Waals surface area contributed by atoms with E-state index in [1.165, 1.54) is 7.11 Å². The van der Waals surface area contributed by atoms with Gasteiger partial charge in [0.05, 0.1) is 18.3 Å². The van der Waals surface area contributed by atoms with Gasteiger partial charge in [0.15, 0.2) is 0 Å². The Kier molecular flexibility index (Phi) is 1.94. The van der Waals surface area contributed by atoms with Gasteiger partial charge in [-0.15, -0.1) is 0 Å². The molecule has 0 atom stereocenters. The molecule has 0 heterocycles. The molecule has 0 amide bonds. The highest BCUT2D eigenvalue weighted by molar-refractivity contribution is 5.47. The lowest BCUT2D eigenvalue weighted by atomic mass is 10.0. The molecule has 2 rings (SSSR count). The van der Waals surface area contributed by atoms with Gasteiger partial charge in [-0.05, 0) is 30.5 Å². The Hall–Kier alpha value is -1.53. The smallest absolute Gasteiger partial charge is 0.136 e. The van der Waals surface area contributed by atoms with E-state index in [1.54, 1.807) is 12.1 Å². The summed E-state index contributed by atoms with van der Waals surface area (Å²) in [5.41, 5.74) is 0.609. The molecule has 1 aliphatic carbocycles. The molecular formula is C11H11NO2. The Bertz CT molecular complexity index is 402. The second-order valence-electron chi connectivity index (χ2n) is 3.56. The van der Waals surface area contributed by atoms with Crippen molar-refractivity contribution in [1.29, 1.82) is 5.26 Å². The number of ether oxygens (including phenoxy) is 1. The molecule has 1 saturated carbocycles. The normalized spacial score (nSPS) is 17.2. The standard InChI is InChI=1S/C11H11NO2/c1-14-10-3-2-9(6-8(10)7-12)11(13)4-5-11/h2-3,6,13H,4-5H2,1H3. The third kappa shape index (κ3) is 1.34. The quantitative estimate of drug-likeness (QED) is 0.767. The van der Waals surface area contributed by atoms with Crippen molar-refractivity contribution in [1.82, 2.24) is 0 Å². The van der Waals surface area contributed by atoms with Crippen molar-refractivity contribution in [3.8, 4) is 11.8 Å². The SMILES string of the molecule is COc1ccc(C2(O)CC2)cc1C#N. The monoisotopic (exact) mass is 189 g/mol. The highest BCUT2D eigenvalue weighted by atomic mass is 16.5. The van der Waals surface area contributed by atoms with Crippen molar-refractivity contribution >= 4 is 0 Å². The van der Waals surface area contributed by atoms with Crippen LogP contribution in [0, 0.1) is 11.3 Å². The van der Waals surface area contributed by atoms with Gasteiger partial charge >= 0.3 is 0 Å². The van der Waals surface area contributed by atoms with Crippen LogP contribution in [0.4, 0.5) is 0 Å². The van der Waals surface area contributed by atoms with E-state index in [4.69, 9.17) is 10.00 Å². The number of aliphatic hydroxyl groups is 1. The van der Waals surface area contributed by atoms with Gasteiger partial charge in [-0.3, -0.25) is 0 Å². The van der Waals surface area contributed by atoms with Gasteiger partial charge in [-0.25, -0.2) is 0 Å². The molecule has 72 valence electrons. The minimum atomic E-state index is -0.683. The van der Waals surface area contributed by atoms with Crippen LogP contribution in [0.3, 0.4) is 0 Å². The first kappa shape index (κ1) is 9.04. The van der Waals surface area contributed by atoms with E-state index >= 15 is 0 Å². The summed E-state index contributed by atoms with van der Waals surface area (Å²) in [6.07, 6.45) is 1.56. The van der Waals surface area contributed by atoms with E-state index < -0.39 is 5.60 Å². The molecular weight excluding hydrogens is 178 g/mol. The van der Waals surface area contributed by atoms with Crippen LogP contribution in [0.5, 0.6) is 5.75 Å². The van der Waals surface area contributed by atoms with Crippen molar-refractivity contribution in [3.05, 3.63) is 29.3 Å². The predicted octanol–water partition coefficient (Wildman–Crippen LogP) is 1.55. The molecule has 1 aliphatic rings. The van der Waals surface area contributed by atoms with E-state index in [0.717, 1.165) is 18.4 Å². The largest absolute Gasteiger partial charge is 0.495 e. The van der Waals surface area contributed by atoms with E-state index in [-0.39, 0.29) is 0 Å². The van der Waals surface area contributed by atoms with Crippen molar-refractivity contribution in [2.24, 2.45) is 0 Å². The van der Waals surface area contributed by atoms with E-state index in [9.17, 15) is 5.11 Å². The summed E-state index contributed by atoms with van der Waals surface area (Å²) < 4.78 is 5.02. The summed E-state index contributed by atoms with van der Waals surface area (Å²) in [5, 5.41) is 18.7. The summed E-state index contributed by atoms with van der Waals surface area (Å²) >= 11 is 0. The molecule has 0 aromatic heterocycles. The summed E-state index contributed by atoms with van der Waals surface area (Å²) in [4.78, 5) is 0. The fourth-order valence-electron chi connectivity index (χ4n) is 1.49. The molecule has 0 bridgehead atoms. The third-order valence-corrected chi connectivity index (χ3v) is 2.58. The zero-order valence-electron chi connectivity index (χ0n) is 7.95. The average Bonchev–Trinajstić information content (AvgIpc) is 2.97. The Morgan fingerprint density at radius 1 is 1.50 bits per heavy atom. The highest BCUT2D eigenvalue weighted by Crippen LogP contribution is 2.45. The molecule has 1 fully saturated rings. The fourth-order valence-corrected chi connectivity index (χ4v) is 1.49. The predicted molar refractivity (Wildman–Crippen MR) is 50.8 cm³/mol. The van der Waals surface area contributed by atoms with Gasteiger partial charge in [0, 0.05) is 0 Å². The maximum Gasteiger partial charge on any atom is 0.136 e. The van der Waals surface area contributed by atoms with Gasteiger partial charge in [-0.2, -0.15) is 5.26 Å². The van der Waals surface area contributed by atoms with E-state index in [2.05, 4.69) is 6.07 Å². The molecule has 0 aliphatic heterocycles. The molecule has 0 spiro atoms. The fraction of sp³-hybridized carbons (Fsp3) is 0.364. The summed E-state index contributed by atoms with van der Waals surface area (Å²) in [6, 6.07) is 7.29. The summed E-state index contributed by atoms with van der Waals surface area (Å²) in [6.45, 7) is 0. The Labute approximate surface area is 82.6 Å². The zero-order valence-corrected chi connectivity index (χ0v) is 7.95. The molecule has 0 saturated heterocycles. The average molecular weight is 189 g/mol. The Morgan fingerprint density at radius 2 is 2.21 bits per heavy atom. The lowest BCUT2D eigenvalue weighted by molar-refractivity contribution is 0.151. The van der Waals surface area contributed by atoms with Crippen LogP contribution < -0.4 is 4.74 Å². The van der Waals surface area contributed by atoms with Crippen LogP contribution in [0.25, 0.3) is 0 Å². The highest BCUT2D eigenvalue weighted by Gasteiger charge is 2.42. The Balaban J connectivity index is 2.43. The van der Waals surface area contributed by atoms with Crippen LogP contribution in [-0.2, 0) is 5.60 Å². The van der Waals surface area contributed by atoms with E-state index in [0.29, 0.717) is 11.3 Å². The number of benzene rings is 1. The second kappa shape index (κ2) is 3.00. The van der Waals surface area contributed by atoms with Gasteiger partial charge in [0.25, 0.3) is 0 Å². The van der Waals surface area contributed by atoms with Crippen molar-refractivity contribution < 1.29 is 9.84 Å². The van der Waals surface area contributed by atoms with Gasteiger partial charge < -0.3 is 9.84 Å². The maximum atomic E-state index is 9.83. The van der Waals surface area contributed by atoms with Crippen LogP contribution >= 0.6 is 0 Å². The molecule has 0 radical (unpaired) electrons. The molecule has 0 unspecified atom stereocenters. The Morgan fingerprint density at radius 3 is 2.71 bits per heavy atom. The minimum Gasteiger partial charge on any atom is -0.495 e.